The Morgan fingerprint density at radius 1 is 0.567 bits per heavy atom. The molecule has 43 nitrogen and oxygen atoms in total. The highest BCUT2D eigenvalue weighted by atomic mass is 35.5. The molecule has 0 aromatic heterocycles. The first kappa shape index (κ1) is 74.7. The molecule has 7 rings (SSSR count). The van der Waals surface area contributed by atoms with E-state index in [0.29, 0.717) is 30.5 Å². The second-order valence-electron chi connectivity index (χ2n) is 18.7. The number of halogens is 1. The molecule has 516 valence electrons. The van der Waals surface area contributed by atoms with Crippen LogP contribution in [0.2, 0.25) is 5.02 Å². The number of anilines is 2. The Balaban J connectivity index is 1.39. The summed E-state index contributed by atoms with van der Waals surface area (Å²) >= 11 is 6.22. The van der Waals surface area contributed by atoms with Gasteiger partial charge in [0.05, 0.1) is 38.3 Å². The molecule has 0 saturated carbocycles. The maximum atomic E-state index is 13.2. The second-order valence-corrected chi connectivity index (χ2v) is 30.4. The van der Waals surface area contributed by atoms with E-state index in [-0.39, 0.29) is 36.0 Å². The number of phenolic OH excluding ortho intramolecular Hbond substituents is 2. The Kier molecular flexibility index (Phi) is 20.9. The van der Waals surface area contributed by atoms with Gasteiger partial charge < -0.3 is 31.1 Å². The van der Waals surface area contributed by atoms with Crippen LogP contribution in [0.15, 0.2) is 166 Å². The molecule has 0 amide bonds. The van der Waals surface area contributed by atoms with Gasteiger partial charge in [-0.3, -0.25) is 51.9 Å². The number of ether oxygens (including phenoxy) is 1. The van der Waals surface area contributed by atoms with Crippen LogP contribution < -0.4 is 15.8 Å². The minimum Gasteiger partial charge on any atom is -0.505 e. The van der Waals surface area contributed by atoms with Gasteiger partial charge in [-0.05, 0) is 79.2 Å². The van der Waals surface area contributed by atoms with Crippen LogP contribution in [0.3, 0.4) is 0 Å². The summed E-state index contributed by atoms with van der Waals surface area (Å²) in [5, 5.41) is 78.5. The van der Waals surface area contributed by atoms with Crippen LogP contribution in [0.4, 0.5) is 56.9 Å². The highest BCUT2D eigenvalue weighted by Gasteiger charge is 2.33. The number of nitrogen functional groups attached to an aromatic ring is 1. The van der Waals surface area contributed by atoms with Crippen molar-refractivity contribution in [3.8, 4) is 17.2 Å². The molecule has 7 aromatic rings. The minimum absolute atomic E-state index is 0.0248. The molecule has 97 heavy (non-hydrogen) atoms. The van der Waals surface area contributed by atoms with Gasteiger partial charge in [-0.1, -0.05) is 11.6 Å². The molecule has 0 aliphatic heterocycles. The number of nitrogens with one attached hydrogen (secondary N) is 2. The summed E-state index contributed by atoms with van der Waals surface area (Å²) in [4.78, 5) is 13.1. The summed E-state index contributed by atoms with van der Waals surface area (Å²) in [6.07, 6.45) is 0.0502. The molecule has 0 heterocycles. The van der Waals surface area contributed by atoms with Crippen molar-refractivity contribution in [3.63, 3.8) is 0 Å². The van der Waals surface area contributed by atoms with Crippen molar-refractivity contribution in [2.24, 2.45) is 40.9 Å². The van der Waals surface area contributed by atoms with Crippen molar-refractivity contribution in [1.82, 2.24) is 0 Å². The standard InChI is InChI=1S/C45H35ClN12O31S8/c46-24-14-33(94(77,78)79)27(52-55-30(38(48)45(61)62)17-49-18-2-4-19(5-3-18)91(68,69)70)15-26(24)51-56-39-34(95(80,81)82)12-22-21(41(39)59)6-7-25(44(22)97(86,87)88)50-53-28-16-32(93(74,75)76)23-13-35(96(83,84)85)40(42(60)36(23)37(28)47)57-54-29-10-20(92(71,72)73)11-31(58(63)64)43(29)89-8-1-9-90(65,66)67/h2-7,10-17,48-49,59-60H,1,8-9,47H2,(H,61,62)(H,65,66,67)(H,68,69,70)(H,71,72,73)(H,74,75,76)(H,77,78,79)(H,80,81,82)(H,83,84,85)(H,86,87,88)/b30-17+,48-38?,53-50?,55-52?,56-51?,57-54?. The molecule has 0 atom stereocenters. The molecule has 0 spiro atoms. The third-order valence-electron chi connectivity index (χ3n) is 12.2. The number of carbonyl (C=O) groups is 1. The van der Waals surface area contributed by atoms with E-state index in [1.807, 2.05) is 0 Å². The lowest BCUT2D eigenvalue weighted by molar-refractivity contribution is -0.386. The first-order valence-corrected chi connectivity index (χ1v) is 36.5. The number of benzene rings is 7. The smallest absolute Gasteiger partial charge is 0.356 e. The van der Waals surface area contributed by atoms with E-state index in [1.54, 1.807) is 0 Å². The fourth-order valence-corrected chi connectivity index (χ4v) is 13.3. The summed E-state index contributed by atoms with van der Waals surface area (Å²) in [6.45, 7) is -0.866. The minimum atomic E-state index is -5.88. The molecule has 0 fully saturated rings. The third kappa shape index (κ3) is 17.3. The number of rotatable bonds is 25. The molecule has 0 aliphatic carbocycles. The Bertz CT molecular complexity index is 5740. The Morgan fingerprint density at radius 3 is 1.61 bits per heavy atom. The maximum Gasteiger partial charge on any atom is 0.356 e. The molecule has 0 bridgehead atoms. The van der Waals surface area contributed by atoms with Crippen molar-refractivity contribution in [2.45, 2.75) is 40.7 Å². The van der Waals surface area contributed by atoms with Crippen LogP contribution in [0.1, 0.15) is 6.42 Å². The quantitative estimate of drug-likeness (QED) is 0.00507. The van der Waals surface area contributed by atoms with Gasteiger partial charge in [0, 0.05) is 34.1 Å². The SMILES string of the molecule is N=C(C(=O)O)/C(=C\Nc1ccc(S(=O)(=O)O)cc1)N=Nc1cc(N=Nc2c(S(=O)(=O)O)cc3c(S(=O)(=O)O)c(N=Nc4cc(S(=O)(=O)O)c5cc(S(=O)(=O)O)c(N=Nc6cc(S(=O)(=O)O)cc([N+](=O)[O-])c6OCCCS(=O)(=O)O)c(O)c5c4N)ccc3c2O)c(Cl)cc1S(=O)(=O)O. The lowest BCUT2D eigenvalue weighted by atomic mass is 10.0. The van der Waals surface area contributed by atoms with Gasteiger partial charge in [-0.2, -0.15) is 67.3 Å². The van der Waals surface area contributed by atoms with Gasteiger partial charge >= 0.3 is 11.7 Å². The number of carboxylic acid groups (broad SMARTS) is 1. The summed E-state index contributed by atoms with van der Waals surface area (Å²) in [5.41, 5.74) is -6.61. The van der Waals surface area contributed by atoms with Crippen molar-refractivity contribution in [1.29, 1.82) is 5.41 Å². The van der Waals surface area contributed by atoms with Crippen LogP contribution in [-0.2, 0) is 85.7 Å². The number of aromatic hydroxyl groups is 2. The number of nitro benzene ring substituents is 1. The van der Waals surface area contributed by atoms with Crippen molar-refractivity contribution >= 4 is 183 Å². The fourth-order valence-electron chi connectivity index (χ4n) is 8.07. The number of azo groups is 4. The molecule has 52 heteroatoms. The lowest BCUT2D eigenvalue weighted by Crippen LogP contribution is -2.14. The molecule has 15 N–H and O–H groups in total. The van der Waals surface area contributed by atoms with Crippen molar-refractivity contribution in [3.05, 3.63) is 106 Å². The lowest BCUT2D eigenvalue weighted by Gasteiger charge is -2.15. The van der Waals surface area contributed by atoms with Crippen LogP contribution in [-0.4, -0.2) is 148 Å². The summed E-state index contributed by atoms with van der Waals surface area (Å²) in [6, 6.07) is 7.24. The Morgan fingerprint density at radius 2 is 1.09 bits per heavy atom. The zero-order chi connectivity index (χ0) is 72.8. The number of phenols is 2. The molecule has 7 aromatic carbocycles. The number of carboxylic acids is 1. The Labute approximate surface area is 546 Å². The summed E-state index contributed by atoms with van der Waals surface area (Å²) in [7, 11) is -43.5. The number of fused-ring (bicyclic) bond motifs is 2. The highest BCUT2D eigenvalue weighted by Crippen LogP contribution is 2.51. The zero-order valence-electron chi connectivity index (χ0n) is 46.5. The van der Waals surface area contributed by atoms with Gasteiger partial charge in [0.25, 0.3) is 80.9 Å². The molecule has 0 unspecified atom stereocenters. The van der Waals surface area contributed by atoms with Gasteiger partial charge in [0.1, 0.15) is 74.9 Å². The molecule has 0 aliphatic rings. The van der Waals surface area contributed by atoms with Crippen molar-refractivity contribution in [2.75, 3.05) is 23.4 Å². The second kappa shape index (κ2) is 27.1. The maximum absolute atomic E-state index is 13.2. The average Bonchev–Trinajstić information content (AvgIpc) is 0.740. The van der Waals surface area contributed by atoms with E-state index < -0.39 is 251 Å². The zero-order valence-corrected chi connectivity index (χ0v) is 53.8. The normalized spacial score (nSPS) is 13.4. The largest absolute Gasteiger partial charge is 0.505 e. The number of aliphatic carboxylic acids is 1. The van der Waals surface area contributed by atoms with E-state index in [9.17, 15) is 129 Å². The number of nitrogens with zero attached hydrogens (tertiary/aromatic N) is 9. The van der Waals surface area contributed by atoms with E-state index in [2.05, 4.69) is 46.2 Å². The first-order chi connectivity index (χ1) is 44.4. The number of hydrogen-bond donors (Lipinski definition) is 14. The van der Waals surface area contributed by atoms with E-state index >= 15 is 0 Å². The van der Waals surface area contributed by atoms with E-state index in [4.69, 9.17) is 32.0 Å². The summed E-state index contributed by atoms with van der Waals surface area (Å²) in [5.74, 6) is -7.27. The van der Waals surface area contributed by atoms with E-state index in [1.165, 1.54) is 0 Å². The monoisotopic (exact) mass is 1530 g/mol. The number of nitro groups is 1. The topological polar surface area (TPSA) is 726 Å². The molecule has 0 saturated heterocycles. The molecular formula is C45H35ClN12O31S8. The van der Waals surface area contributed by atoms with Crippen LogP contribution >= 0.6 is 11.6 Å². The predicted molar refractivity (Wildman–Crippen MR) is 326 cm³/mol. The number of hydrogen-bond acceptors (Lipinski definition) is 33. The molecule has 0 radical (unpaired) electrons. The van der Waals surface area contributed by atoms with Gasteiger partial charge in [-0.15, -0.1) is 40.9 Å². The van der Waals surface area contributed by atoms with Gasteiger partial charge in [0.15, 0.2) is 17.2 Å². The average molecular weight is 1530 g/mol. The van der Waals surface area contributed by atoms with Crippen LogP contribution in [0, 0.1) is 15.5 Å². The third-order valence-corrected chi connectivity index (χ3v) is 19.5. The summed E-state index contributed by atoms with van der Waals surface area (Å²) < 4.78 is 284. The van der Waals surface area contributed by atoms with Gasteiger partial charge in [0.2, 0.25) is 5.75 Å². The van der Waals surface area contributed by atoms with E-state index in [0.717, 1.165) is 24.3 Å². The highest BCUT2D eigenvalue weighted by molar-refractivity contribution is 7.88. The van der Waals surface area contributed by atoms with Crippen LogP contribution in [0.25, 0.3) is 21.5 Å². The van der Waals surface area contributed by atoms with Crippen molar-refractivity contribution < 1.29 is 134 Å². The number of nitrogens with two attached hydrogens (primary N) is 1. The first-order valence-electron chi connectivity index (χ1n) is 24.5. The van der Waals surface area contributed by atoms with Crippen LogP contribution in [0.5, 0.6) is 17.2 Å². The van der Waals surface area contributed by atoms with Gasteiger partial charge in [-0.25, -0.2) is 4.79 Å². The molecular weight excluding hydrogens is 1500 g/mol. The fraction of sp³-hybridized carbons (Fsp3) is 0.0667. The Hall–Kier alpha value is -9.69. The predicted octanol–water partition coefficient (Wildman–Crippen LogP) is 7.32.